The second-order valence-electron chi connectivity index (χ2n) is 19.9. The van der Waals surface area contributed by atoms with Crippen molar-refractivity contribution >= 4 is 11.9 Å². The van der Waals surface area contributed by atoms with Crippen LogP contribution >= 0.6 is 0 Å². The fourth-order valence-electron chi connectivity index (χ4n) is 14.6. The topological polar surface area (TPSA) is 213 Å². The molecule has 53 heavy (non-hydrogen) atoms. The summed E-state index contributed by atoms with van der Waals surface area (Å²) in [5.41, 5.74) is 0.169. The van der Waals surface area contributed by atoms with Crippen molar-refractivity contribution in [1.29, 1.82) is 0 Å². The smallest absolute Gasteiger partial charge is 0.335 e. The lowest BCUT2D eigenvalue weighted by Crippen LogP contribution is -2.66. The summed E-state index contributed by atoms with van der Waals surface area (Å²) >= 11 is 0. The van der Waals surface area contributed by atoms with Crippen LogP contribution in [0.2, 0.25) is 0 Å². The quantitative estimate of drug-likeness (QED) is 0.154. The van der Waals surface area contributed by atoms with E-state index in [9.17, 15) is 45.3 Å². The standard InChI is InChI=1S/C40H60O13/c1-35(2)21-9-12-38(5)22(8-7-18-19-15-36(3)13-14-40(19,34(48)49)23(36)16-39(18,38)6)37(21,4)11-10-24(35)51-33-30(27(44)26(43)29(52-33)31(46)47)53-32-28(45)25(42)20(41)17-50-32/h7,19-30,32-33,41-45H,8-17H2,1-6H3,(H,46,47)(H,48,49)/t19-,20+,21-,22+,23-,24-,25-,26-,27-,28+,29-,30+,32-,33+,36+,37-,38+,39+,40+/m0/s1. The number of hydrogen-bond acceptors (Lipinski definition) is 11. The molecule has 0 aromatic heterocycles. The van der Waals surface area contributed by atoms with Crippen molar-refractivity contribution in [3.8, 4) is 0 Å². The Bertz CT molecular complexity index is 1550. The first-order valence-corrected chi connectivity index (χ1v) is 19.8. The lowest BCUT2D eigenvalue weighted by atomic mass is 9.34. The zero-order valence-corrected chi connectivity index (χ0v) is 31.8. The summed E-state index contributed by atoms with van der Waals surface area (Å²) in [6, 6.07) is 0. The van der Waals surface area contributed by atoms with E-state index in [0.29, 0.717) is 12.3 Å². The fourth-order valence-corrected chi connectivity index (χ4v) is 14.6. The Morgan fingerprint density at radius 1 is 0.774 bits per heavy atom. The summed E-state index contributed by atoms with van der Waals surface area (Å²) in [6.07, 6.45) is -4.69. The highest BCUT2D eigenvalue weighted by Crippen LogP contribution is 2.82. The molecule has 0 unspecified atom stereocenters. The van der Waals surface area contributed by atoms with Crippen molar-refractivity contribution in [3.63, 3.8) is 0 Å². The highest BCUT2D eigenvalue weighted by atomic mass is 16.8. The summed E-state index contributed by atoms with van der Waals surface area (Å²) < 4.78 is 23.8. The van der Waals surface area contributed by atoms with Gasteiger partial charge in [-0.05, 0) is 109 Å². The molecular formula is C40H60O13. The van der Waals surface area contributed by atoms with Gasteiger partial charge in [-0.15, -0.1) is 0 Å². The van der Waals surface area contributed by atoms with E-state index >= 15 is 0 Å². The molecule has 298 valence electrons. The SMILES string of the molecule is CC1(C)[C@@H](O[C@@H]2O[C@H](C(=O)O)[C@@H](O)[C@H](O)[C@H]2O[C@@H]2OC[C@@H](O)[C@H](O)[C@H]2O)CC[C@]2(C)[C@H]3CC=C4[C@@H]5C[C@@]6(C)CC[C@]5(C(=O)O)[C@H]6C[C@@]4(C)[C@]3(C)CC[C@@H]12. The van der Waals surface area contributed by atoms with Crippen molar-refractivity contribution < 1.29 is 64.3 Å². The molecule has 4 bridgehead atoms. The van der Waals surface area contributed by atoms with Crippen LogP contribution < -0.4 is 0 Å². The number of carbonyl (C=O) groups is 2. The Morgan fingerprint density at radius 3 is 2.17 bits per heavy atom. The predicted octanol–water partition coefficient (Wildman–Crippen LogP) is 2.83. The van der Waals surface area contributed by atoms with Crippen LogP contribution in [0.15, 0.2) is 11.6 Å². The van der Waals surface area contributed by atoms with E-state index < -0.39 is 84.2 Å². The fraction of sp³-hybridized carbons (Fsp3) is 0.900. The second-order valence-corrected chi connectivity index (χ2v) is 19.9. The Labute approximate surface area is 311 Å². The predicted molar refractivity (Wildman–Crippen MR) is 186 cm³/mol. The molecule has 19 atom stereocenters. The molecule has 8 rings (SSSR count). The number of carboxylic acid groups (broad SMARTS) is 2. The van der Waals surface area contributed by atoms with Crippen LogP contribution in [0, 0.1) is 56.2 Å². The minimum absolute atomic E-state index is 0.0256. The van der Waals surface area contributed by atoms with Gasteiger partial charge in [0.2, 0.25) is 0 Å². The second kappa shape index (κ2) is 12.2. The first-order valence-electron chi connectivity index (χ1n) is 19.8. The molecule has 13 nitrogen and oxygen atoms in total. The largest absolute Gasteiger partial charge is 0.481 e. The normalized spacial score (nSPS) is 56.8. The van der Waals surface area contributed by atoms with Crippen LogP contribution in [0.25, 0.3) is 0 Å². The Hall–Kier alpha value is -1.68. The molecule has 0 amide bonds. The summed E-state index contributed by atoms with van der Waals surface area (Å²) in [5, 5.41) is 73.3. The van der Waals surface area contributed by atoms with Gasteiger partial charge in [0.15, 0.2) is 18.7 Å². The average Bonchev–Trinajstić information content (AvgIpc) is 3.46. The van der Waals surface area contributed by atoms with Gasteiger partial charge in [0.1, 0.15) is 36.6 Å². The van der Waals surface area contributed by atoms with Gasteiger partial charge < -0.3 is 54.7 Å². The Morgan fingerprint density at radius 2 is 1.49 bits per heavy atom. The average molecular weight is 749 g/mol. The number of allylic oxidation sites excluding steroid dienone is 2. The van der Waals surface area contributed by atoms with Crippen molar-refractivity contribution in [2.45, 2.75) is 161 Å². The molecule has 13 heteroatoms. The van der Waals surface area contributed by atoms with Gasteiger partial charge in [-0.1, -0.05) is 53.2 Å². The van der Waals surface area contributed by atoms with E-state index in [2.05, 4.69) is 47.6 Å². The summed E-state index contributed by atoms with van der Waals surface area (Å²) in [4.78, 5) is 25.2. The molecule has 7 N–H and O–H groups in total. The van der Waals surface area contributed by atoms with E-state index in [-0.39, 0.29) is 46.0 Å². The summed E-state index contributed by atoms with van der Waals surface area (Å²) in [7, 11) is 0. The van der Waals surface area contributed by atoms with Gasteiger partial charge in [-0.3, -0.25) is 4.79 Å². The van der Waals surface area contributed by atoms with Gasteiger partial charge in [0.05, 0.1) is 18.1 Å². The third kappa shape index (κ3) is 4.93. The molecule has 2 heterocycles. The van der Waals surface area contributed by atoms with Crippen molar-refractivity contribution in [1.82, 2.24) is 0 Å². The van der Waals surface area contributed by atoms with E-state index in [0.717, 1.165) is 51.4 Å². The van der Waals surface area contributed by atoms with Crippen LogP contribution in [0.4, 0.5) is 0 Å². The summed E-state index contributed by atoms with van der Waals surface area (Å²) in [5.74, 6) is -1.27. The zero-order valence-electron chi connectivity index (χ0n) is 31.8. The van der Waals surface area contributed by atoms with Crippen LogP contribution in [0.5, 0.6) is 0 Å². The van der Waals surface area contributed by atoms with Gasteiger partial charge in [-0.2, -0.15) is 0 Å². The molecule has 0 spiro atoms. The maximum Gasteiger partial charge on any atom is 0.335 e. The van der Waals surface area contributed by atoms with E-state index in [1.165, 1.54) is 5.57 Å². The maximum absolute atomic E-state index is 13.1. The van der Waals surface area contributed by atoms with Gasteiger partial charge >= 0.3 is 11.9 Å². The number of fused-ring (bicyclic) bond motifs is 6. The molecule has 2 aliphatic heterocycles. The van der Waals surface area contributed by atoms with Gasteiger partial charge in [-0.25, -0.2) is 4.79 Å². The minimum Gasteiger partial charge on any atom is -0.481 e. The third-order valence-corrected chi connectivity index (χ3v) is 17.5. The monoisotopic (exact) mass is 748 g/mol. The Kier molecular flexibility index (Phi) is 8.77. The maximum atomic E-state index is 13.1. The number of carboxylic acids is 2. The number of hydrogen-bond donors (Lipinski definition) is 7. The molecule has 7 fully saturated rings. The molecule has 2 saturated heterocycles. The van der Waals surface area contributed by atoms with Crippen molar-refractivity contribution in [2.75, 3.05) is 6.61 Å². The highest BCUT2D eigenvalue weighted by Gasteiger charge is 2.77. The number of rotatable bonds is 6. The first kappa shape index (κ1) is 38.2. The van der Waals surface area contributed by atoms with Gasteiger partial charge in [0.25, 0.3) is 0 Å². The summed E-state index contributed by atoms with van der Waals surface area (Å²) in [6.45, 7) is 13.7. The number of aliphatic hydroxyl groups excluding tert-OH is 5. The number of aliphatic hydroxyl groups is 5. The first-order chi connectivity index (χ1) is 24.7. The van der Waals surface area contributed by atoms with Crippen molar-refractivity contribution in [3.05, 3.63) is 11.6 Å². The molecule has 8 aliphatic rings. The third-order valence-electron chi connectivity index (χ3n) is 17.5. The van der Waals surface area contributed by atoms with Crippen LogP contribution in [-0.2, 0) is 28.5 Å². The molecule has 0 radical (unpaired) electrons. The minimum atomic E-state index is -1.88. The van der Waals surface area contributed by atoms with Crippen LogP contribution in [0.3, 0.4) is 0 Å². The zero-order chi connectivity index (χ0) is 38.4. The van der Waals surface area contributed by atoms with Crippen LogP contribution in [-0.4, -0.2) is 116 Å². The lowest BCUT2D eigenvalue weighted by Gasteiger charge is -2.70. The highest BCUT2D eigenvalue weighted by molar-refractivity contribution is 5.79. The molecule has 5 saturated carbocycles. The number of aliphatic carboxylic acids is 2. The van der Waals surface area contributed by atoms with Crippen molar-refractivity contribution in [2.24, 2.45) is 56.2 Å². The van der Waals surface area contributed by atoms with Crippen LogP contribution in [0.1, 0.15) is 99.3 Å². The van der Waals surface area contributed by atoms with E-state index in [4.69, 9.17) is 18.9 Å². The molecule has 0 aromatic carbocycles. The Balaban J connectivity index is 1.06. The molecule has 0 aromatic rings. The number of ether oxygens (including phenoxy) is 4. The molecular weight excluding hydrogens is 688 g/mol. The lowest BCUT2D eigenvalue weighted by molar-refractivity contribution is -0.366. The van der Waals surface area contributed by atoms with Gasteiger partial charge in [0, 0.05) is 0 Å². The van der Waals surface area contributed by atoms with E-state index in [1.807, 2.05) is 0 Å². The molecule has 6 aliphatic carbocycles. The van der Waals surface area contributed by atoms with E-state index in [1.54, 1.807) is 0 Å².